The second kappa shape index (κ2) is 10.2. The van der Waals surface area contributed by atoms with Crippen molar-refractivity contribution in [3.05, 3.63) is 0 Å². The highest BCUT2D eigenvalue weighted by Crippen LogP contribution is 1.99. The van der Waals surface area contributed by atoms with Crippen LogP contribution in [-0.4, -0.2) is 43.5 Å². The van der Waals surface area contributed by atoms with Crippen molar-refractivity contribution in [3.8, 4) is 0 Å². The molecule has 20 heavy (non-hydrogen) atoms. The summed E-state index contributed by atoms with van der Waals surface area (Å²) in [6.45, 7) is 3.70. The number of hydrogen-bond acceptors (Lipinski definition) is 5. The Morgan fingerprint density at radius 3 is 2.25 bits per heavy atom. The summed E-state index contributed by atoms with van der Waals surface area (Å²) in [5, 5.41) is 5.05. The summed E-state index contributed by atoms with van der Waals surface area (Å²) in [6, 6.07) is -1.43. The summed E-state index contributed by atoms with van der Waals surface area (Å²) in [5.41, 5.74) is 5.36. The van der Waals surface area contributed by atoms with Crippen LogP contribution in [0.5, 0.6) is 0 Å². The highest BCUT2D eigenvalue weighted by Gasteiger charge is 2.20. The molecular weight excluding hydrogens is 262 g/mol. The van der Waals surface area contributed by atoms with E-state index in [1.54, 1.807) is 6.92 Å². The van der Waals surface area contributed by atoms with E-state index >= 15 is 0 Å². The van der Waals surface area contributed by atoms with Gasteiger partial charge in [-0.25, -0.2) is 4.79 Å². The number of carbonyl (C=O) groups excluding carboxylic acids is 3. The molecule has 0 aliphatic heterocycles. The summed E-state index contributed by atoms with van der Waals surface area (Å²) in [4.78, 5) is 34.5. The highest BCUT2D eigenvalue weighted by molar-refractivity contribution is 5.90. The van der Waals surface area contributed by atoms with Crippen LogP contribution in [0.4, 0.5) is 0 Å². The molecule has 0 aromatic rings. The molecule has 0 fully saturated rings. The average molecular weight is 287 g/mol. The zero-order chi connectivity index (χ0) is 15.5. The van der Waals surface area contributed by atoms with Gasteiger partial charge in [-0.15, -0.1) is 0 Å². The average Bonchev–Trinajstić information content (AvgIpc) is 2.42. The summed E-state index contributed by atoms with van der Waals surface area (Å²) in [5.74, 6) is -1.13. The molecule has 0 aliphatic rings. The van der Waals surface area contributed by atoms with Gasteiger partial charge in [0.25, 0.3) is 0 Å². The fourth-order valence-corrected chi connectivity index (χ4v) is 1.56. The van der Waals surface area contributed by atoms with Gasteiger partial charge in [-0.3, -0.25) is 9.59 Å². The lowest BCUT2D eigenvalue weighted by molar-refractivity contribution is -0.144. The van der Waals surface area contributed by atoms with Gasteiger partial charge in [-0.05, 0) is 33.2 Å². The molecule has 4 N–H and O–H groups in total. The first kappa shape index (κ1) is 18.4. The fourth-order valence-electron chi connectivity index (χ4n) is 1.56. The van der Waals surface area contributed by atoms with Gasteiger partial charge in [0.15, 0.2) is 0 Å². The number of nitrogens with one attached hydrogen (secondary N) is 2. The van der Waals surface area contributed by atoms with Crippen LogP contribution in [0.3, 0.4) is 0 Å². The van der Waals surface area contributed by atoms with Gasteiger partial charge in [0, 0.05) is 6.42 Å². The van der Waals surface area contributed by atoms with E-state index in [9.17, 15) is 14.4 Å². The van der Waals surface area contributed by atoms with Gasteiger partial charge in [-0.1, -0.05) is 6.42 Å². The molecule has 7 heteroatoms. The van der Waals surface area contributed by atoms with Crippen molar-refractivity contribution in [2.45, 2.75) is 51.6 Å². The van der Waals surface area contributed by atoms with Crippen LogP contribution >= 0.6 is 0 Å². The Morgan fingerprint density at radius 2 is 1.70 bits per heavy atom. The Morgan fingerprint density at radius 1 is 1.05 bits per heavy atom. The number of nitrogens with two attached hydrogens (primary N) is 1. The molecule has 116 valence electrons. The van der Waals surface area contributed by atoms with Crippen molar-refractivity contribution in [1.29, 1.82) is 0 Å². The van der Waals surface area contributed by atoms with Crippen LogP contribution in [-0.2, 0) is 19.1 Å². The minimum absolute atomic E-state index is 0.185. The molecular formula is C13H25N3O4. The molecule has 0 aromatic heterocycles. The molecule has 2 amide bonds. The molecule has 7 nitrogen and oxygen atoms in total. The van der Waals surface area contributed by atoms with Crippen molar-refractivity contribution in [2.24, 2.45) is 5.73 Å². The third-order valence-electron chi connectivity index (χ3n) is 2.79. The largest absolute Gasteiger partial charge is 0.467 e. The van der Waals surface area contributed by atoms with Crippen molar-refractivity contribution in [1.82, 2.24) is 10.6 Å². The topological polar surface area (TPSA) is 111 Å². The van der Waals surface area contributed by atoms with Gasteiger partial charge in [0.1, 0.15) is 12.1 Å². The maximum atomic E-state index is 11.7. The predicted molar refractivity (Wildman–Crippen MR) is 74.7 cm³/mol. The Kier molecular flexibility index (Phi) is 9.36. The van der Waals surface area contributed by atoms with Crippen LogP contribution in [0.2, 0.25) is 0 Å². The molecule has 0 bridgehead atoms. The molecule has 0 saturated heterocycles. The lowest BCUT2D eigenvalue weighted by Gasteiger charge is -2.17. The van der Waals surface area contributed by atoms with E-state index in [2.05, 4.69) is 15.4 Å². The molecule has 2 atom stereocenters. The zero-order valence-corrected chi connectivity index (χ0v) is 12.4. The lowest BCUT2D eigenvalue weighted by Crippen LogP contribution is -2.49. The molecule has 0 rings (SSSR count). The van der Waals surface area contributed by atoms with Crippen LogP contribution < -0.4 is 16.4 Å². The number of rotatable bonds is 9. The first-order chi connectivity index (χ1) is 9.42. The number of methoxy groups -OCH3 is 1. The SMILES string of the molecule is COC(=O)[C@H](C)NC(=O)[C@H](C)NC(=O)CCCCCN. The van der Waals surface area contributed by atoms with E-state index < -0.39 is 24.0 Å². The van der Waals surface area contributed by atoms with Crippen molar-refractivity contribution in [2.75, 3.05) is 13.7 Å². The molecule has 0 aliphatic carbocycles. The zero-order valence-electron chi connectivity index (χ0n) is 12.4. The van der Waals surface area contributed by atoms with Crippen molar-refractivity contribution < 1.29 is 19.1 Å². The van der Waals surface area contributed by atoms with Gasteiger partial charge in [0.05, 0.1) is 7.11 Å². The summed E-state index contributed by atoms with van der Waals surface area (Å²) in [7, 11) is 1.25. The van der Waals surface area contributed by atoms with Crippen LogP contribution in [0, 0.1) is 0 Å². The van der Waals surface area contributed by atoms with E-state index in [0.29, 0.717) is 13.0 Å². The van der Waals surface area contributed by atoms with E-state index in [0.717, 1.165) is 19.3 Å². The quantitative estimate of drug-likeness (QED) is 0.398. The number of ether oxygens (including phenoxy) is 1. The lowest BCUT2D eigenvalue weighted by atomic mass is 10.2. The Hall–Kier alpha value is -1.63. The Bertz CT molecular complexity index is 334. The van der Waals surface area contributed by atoms with Gasteiger partial charge < -0.3 is 21.1 Å². The minimum atomic E-state index is -0.739. The molecule has 0 unspecified atom stereocenters. The van der Waals surface area contributed by atoms with E-state index in [1.165, 1.54) is 14.0 Å². The standard InChI is InChI=1S/C13H25N3O4/c1-9(12(18)16-10(2)13(19)20-3)15-11(17)7-5-4-6-8-14/h9-10H,4-8,14H2,1-3H3,(H,15,17)(H,16,18)/t9-,10-/m0/s1. The van der Waals surface area contributed by atoms with Gasteiger partial charge in [-0.2, -0.15) is 0 Å². The predicted octanol–water partition coefficient (Wildman–Crippen LogP) is -0.312. The third kappa shape index (κ3) is 7.73. The van der Waals surface area contributed by atoms with E-state index in [4.69, 9.17) is 5.73 Å². The molecule has 0 radical (unpaired) electrons. The summed E-state index contributed by atoms with van der Waals surface area (Å²) >= 11 is 0. The second-order valence-corrected chi connectivity index (χ2v) is 4.64. The number of hydrogen-bond donors (Lipinski definition) is 3. The number of esters is 1. The number of amides is 2. The maximum Gasteiger partial charge on any atom is 0.328 e. The first-order valence-corrected chi connectivity index (χ1v) is 6.80. The van der Waals surface area contributed by atoms with Crippen molar-refractivity contribution in [3.63, 3.8) is 0 Å². The Balaban J connectivity index is 4.00. The summed E-state index contributed by atoms with van der Waals surface area (Å²) in [6.07, 6.45) is 2.89. The molecule has 0 aromatic carbocycles. The van der Waals surface area contributed by atoms with Crippen LogP contribution in [0.25, 0.3) is 0 Å². The third-order valence-corrected chi connectivity index (χ3v) is 2.79. The van der Waals surface area contributed by atoms with Gasteiger partial charge in [0.2, 0.25) is 11.8 Å². The van der Waals surface area contributed by atoms with E-state index in [1.807, 2.05) is 0 Å². The molecule has 0 heterocycles. The monoisotopic (exact) mass is 287 g/mol. The molecule has 0 saturated carbocycles. The smallest absolute Gasteiger partial charge is 0.328 e. The minimum Gasteiger partial charge on any atom is -0.467 e. The molecule has 0 spiro atoms. The van der Waals surface area contributed by atoms with E-state index in [-0.39, 0.29) is 5.91 Å². The Labute approximate surface area is 119 Å². The number of carbonyl (C=O) groups is 3. The second-order valence-electron chi connectivity index (χ2n) is 4.64. The van der Waals surface area contributed by atoms with Crippen LogP contribution in [0.1, 0.15) is 39.5 Å². The summed E-state index contributed by atoms with van der Waals surface area (Å²) < 4.78 is 4.50. The number of unbranched alkanes of at least 4 members (excludes halogenated alkanes) is 2. The van der Waals surface area contributed by atoms with Gasteiger partial charge >= 0.3 is 5.97 Å². The van der Waals surface area contributed by atoms with Crippen molar-refractivity contribution >= 4 is 17.8 Å². The maximum absolute atomic E-state index is 11.7. The highest BCUT2D eigenvalue weighted by atomic mass is 16.5. The fraction of sp³-hybridized carbons (Fsp3) is 0.769. The first-order valence-electron chi connectivity index (χ1n) is 6.80. The normalized spacial score (nSPS) is 13.2. The van der Waals surface area contributed by atoms with Crippen LogP contribution in [0.15, 0.2) is 0 Å².